The number of carboxylic acids is 1. The Morgan fingerprint density at radius 1 is 1.25 bits per heavy atom. The number of hydrogen-bond donors (Lipinski definition) is 2. The Balaban J connectivity index is 1.93. The predicted molar refractivity (Wildman–Crippen MR) is 71.9 cm³/mol. The molecule has 0 aliphatic rings. The first kappa shape index (κ1) is 13.5. The van der Waals surface area contributed by atoms with Gasteiger partial charge in [0.2, 0.25) is 5.91 Å². The molecule has 0 saturated carbocycles. The third-order valence-corrected chi connectivity index (χ3v) is 2.45. The predicted octanol–water partition coefficient (Wildman–Crippen LogP) is 1.95. The van der Waals surface area contributed by atoms with Crippen LogP contribution in [0, 0.1) is 0 Å². The number of nitrogens with zero attached hydrogens (tertiary/aromatic N) is 1. The second kappa shape index (κ2) is 6.33. The molecule has 2 aromatic rings. The fraction of sp³-hybridized carbons (Fsp3) is 0.0714. The van der Waals surface area contributed by atoms with E-state index in [9.17, 15) is 9.59 Å². The zero-order valence-corrected chi connectivity index (χ0v) is 10.4. The molecule has 0 aliphatic heterocycles. The normalized spacial score (nSPS) is 10.6. The van der Waals surface area contributed by atoms with Crippen LogP contribution in [0.15, 0.2) is 47.2 Å². The number of aliphatic carboxylic acids is 1. The lowest BCUT2D eigenvalue weighted by Crippen LogP contribution is -2.14. The summed E-state index contributed by atoms with van der Waals surface area (Å²) in [5, 5.41) is 14.9. The Morgan fingerprint density at radius 3 is 2.60 bits per heavy atom. The lowest BCUT2D eigenvalue weighted by Gasteiger charge is -2.04. The molecule has 1 aromatic heterocycles. The Hall–Kier alpha value is -2.89. The van der Waals surface area contributed by atoms with Crippen LogP contribution < -0.4 is 5.32 Å². The number of hydrogen-bond acceptors (Lipinski definition) is 4. The maximum absolute atomic E-state index is 11.7. The Kier molecular flexibility index (Phi) is 4.28. The molecule has 0 aliphatic carbocycles. The van der Waals surface area contributed by atoms with E-state index in [1.165, 1.54) is 12.3 Å². The zero-order valence-electron chi connectivity index (χ0n) is 10.4. The van der Waals surface area contributed by atoms with Gasteiger partial charge < -0.3 is 14.9 Å². The second-order valence-electron chi connectivity index (χ2n) is 4.01. The first-order valence-electron chi connectivity index (χ1n) is 5.83. The van der Waals surface area contributed by atoms with Gasteiger partial charge >= 0.3 is 5.97 Å². The molecule has 2 N–H and O–H groups in total. The Labute approximate surface area is 114 Å². The maximum Gasteiger partial charge on any atom is 0.328 e. The summed E-state index contributed by atoms with van der Waals surface area (Å²) >= 11 is 0. The first-order valence-corrected chi connectivity index (χ1v) is 5.83. The molecule has 1 amide bonds. The molecule has 0 atom stereocenters. The highest BCUT2D eigenvalue weighted by Gasteiger charge is 2.06. The van der Waals surface area contributed by atoms with Crippen LogP contribution in [0.5, 0.6) is 0 Å². The van der Waals surface area contributed by atoms with Crippen LogP contribution in [0.1, 0.15) is 11.3 Å². The van der Waals surface area contributed by atoms with Crippen LogP contribution in [0.4, 0.5) is 5.69 Å². The van der Waals surface area contributed by atoms with Crippen molar-refractivity contribution in [2.45, 2.75) is 6.42 Å². The molecule has 0 spiro atoms. The summed E-state index contributed by atoms with van der Waals surface area (Å²) < 4.78 is 4.64. The minimum atomic E-state index is -1.00. The number of carbonyl (C=O) groups is 2. The van der Waals surface area contributed by atoms with Gasteiger partial charge in [-0.15, -0.1) is 0 Å². The van der Waals surface area contributed by atoms with E-state index in [1.54, 1.807) is 30.3 Å². The van der Waals surface area contributed by atoms with Gasteiger partial charge in [0.05, 0.1) is 12.1 Å². The van der Waals surface area contributed by atoms with Crippen molar-refractivity contribution in [3.05, 3.63) is 53.9 Å². The van der Waals surface area contributed by atoms with Crippen molar-refractivity contribution < 1.29 is 19.2 Å². The molecule has 0 bridgehead atoms. The molecule has 0 radical (unpaired) electrons. The average Bonchev–Trinajstić information content (AvgIpc) is 2.90. The van der Waals surface area contributed by atoms with Gasteiger partial charge in [0.15, 0.2) is 0 Å². The summed E-state index contributed by atoms with van der Waals surface area (Å²) in [4.78, 5) is 22.1. The number of carbonyl (C=O) groups excluding carboxylic acids is 1. The molecule has 0 saturated heterocycles. The van der Waals surface area contributed by atoms with E-state index >= 15 is 0 Å². The lowest BCUT2D eigenvalue weighted by atomic mass is 10.2. The van der Waals surface area contributed by atoms with Crippen LogP contribution in [-0.2, 0) is 16.0 Å². The lowest BCUT2D eigenvalue weighted by molar-refractivity contribution is -0.131. The monoisotopic (exact) mass is 272 g/mol. The van der Waals surface area contributed by atoms with Gasteiger partial charge in [-0.1, -0.05) is 17.3 Å². The molecule has 1 heterocycles. The molecular formula is C14H12N2O4. The van der Waals surface area contributed by atoms with Gasteiger partial charge in [0.1, 0.15) is 6.26 Å². The number of aromatic nitrogens is 1. The molecule has 20 heavy (non-hydrogen) atoms. The summed E-state index contributed by atoms with van der Waals surface area (Å²) in [5.74, 6) is -1.21. The van der Waals surface area contributed by atoms with Crippen molar-refractivity contribution in [1.29, 1.82) is 0 Å². The Bertz CT molecular complexity index is 615. The van der Waals surface area contributed by atoms with Crippen molar-refractivity contribution in [2.24, 2.45) is 0 Å². The highest BCUT2D eigenvalue weighted by Crippen LogP contribution is 2.11. The quantitative estimate of drug-likeness (QED) is 0.811. The third-order valence-electron chi connectivity index (χ3n) is 2.45. The van der Waals surface area contributed by atoms with E-state index in [0.717, 1.165) is 11.6 Å². The van der Waals surface area contributed by atoms with Gasteiger partial charge in [-0.25, -0.2) is 4.79 Å². The number of amides is 1. The zero-order chi connectivity index (χ0) is 14.4. The van der Waals surface area contributed by atoms with Gasteiger partial charge in [-0.2, -0.15) is 0 Å². The number of anilines is 1. The van der Waals surface area contributed by atoms with E-state index in [2.05, 4.69) is 15.0 Å². The van der Waals surface area contributed by atoms with Crippen molar-refractivity contribution in [3.8, 4) is 0 Å². The fourth-order valence-corrected chi connectivity index (χ4v) is 1.54. The van der Waals surface area contributed by atoms with Gasteiger partial charge in [0, 0.05) is 17.8 Å². The van der Waals surface area contributed by atoms with Crippen molar-refractivity contribution in [2.75, 3.05) is 5.32 Å². The summed E-state index contributed by atoms with van der Waals surface area (Å²) in [6.07, 6.45) is 4.07. The average molecular weight is 272 g/mol. The molecule has 6 heteroatoms. The van der Waals surface area contributed by atoms with Crippen LogP contribution >= 0.6 is 0 Å². The molecule has 0 fully saturated rings. The van der Waals surface area contributed by atoms with Crippen molar-refractivity contribution in [1.82, 2.24) is 5.16 Å². The van der Waals surface area contributed by atoms with Crippen LogP contribution in [-0.4, -0.2) is 22.1 Å². The van der Waals surface area contributed by atoms with E-state index in [1.807, 2.05) is 0 Å². The molecule has 2 rings (SSSR count). The van der Waals surface area contributed by atoms with Crippen LogP contribution in [0.2, 0.25) is 0 Å². The summed E-state index contributed by atoms with van der Waals surface area (Å²) in [7, 11) is 0. The molecule has 6 nitrogen and oxygen atoms in total. The highest BCUT2D eigenvalue weighted by atomic mass is 16.5. The number of nitrogens with one attached hydrogen (secondary N) is 1. The molecule has 102 valence electrons. The largest absolute Gasteiger partial charge is 0.478 e. The minimum Gasteiger partial charge on any atom is -0.478 e. The van der Waals surface area contributed by atoms with Gasteiger partial charge in [-0.05, 0) is 23.8 Å². The highest BCUT2D eigenvalue weighted by molar-refractivity contribution is 5.92. The van der Waals surface area contributed by atoms with Crippen LogP contribution in [0.25, 0.3) is 6.08 Å². The van der Waals surface area contributed by atoms with E-state index in [0.29, 0.717) is 11.4 Å². The molecule has 0 unspecified atom stereocenters. The van der Waals surface area contributed by atoms with E-state index in [-0.39, 0.29) is 12.3 Å². The minimum absolute atomic E-state index is 0.136. The second-order valence-corrected chi connectivity index (χ2v) is 4.01. The SMILES string of the molecule is O=C(O)/C=C/c1ccc(NC(=O)Cc2ccon2)cc1. The topological polar surface area (TPSA) is 92.4 Å². The van der Waals surface area contributed by atoms with Crippen LogP contribution in [0.3, 0.4) is 0 Å². The maximum atomic E-state index is 11.7. The van der Waals surface area contributed by atoms with E-state index in [4.69, 9.17) is 5.11 Å². The summed E-state index contributed by atoms with van der Waals surface area (Å²) in [6, 6.07) is 8.44. The van der Waals surface area contributed by atoms with Gasteiger partial charge in [0.25, 0.3) is 0 Å². The Morgan fingerprint density at radius 2 is 2.00 bits per heavy atom. The standard InChI is InChI=1S/C14H12N2O4/c17-13(9-12-7-8-20-16-12)15-11-4-1-10(2-5-11)3-6-14(18)19/h1-8H,9H2,(H,15,17)(H,18,19)/b6-3+. The summed E-state index contributed by atoms with van der Waals surface area (Å²) in [5.41, 5.74) is 1.93. The fourth-order valence-electron chi connectivity index (χ4n) is 1.54. The smallest absolute Gasteiger partial charge is 0.328 e. The van der Waals surface area contributed by atoms with Crippen molar-refractivity contribution >= 4 is 23.6 Å². The van der Waals surface area contributed by atoms with Gasteiger partial charge in [-0.3, -0.25) is 4.79 Å². The summed E-state index contributed by atoms with van der Waals surface area (Å²) in [6.45, 7) is 0. The number of benzene rings is 1. The number of rotatable bonds is 5. The first-order chi connectivity index (χ1) is 9.63. The number of carboxylic acid groups (broad SMARTS) is 1. The van der Waals surface area contributed by atoms with E-state index < -0.39 is 5.97 Å². The van der Waals surface area contributed by atoms with Crippen molar-refractivity contribution in [3.63, 3.8) is 0 Å². The molecular weight excluding hydrogens is 260 g/mol. The third kappa shape index (κ3) is 4.09. The molecule has 1 aromatic carbocycles.